The van der Waals surface area contributed by atoms with Crippen LogP contribution in [0.1, 0.15) is 32.0 Å². The van der Waals surface area contributed by atoms with E-state index in [1.54, 1.807) is 7.05 Å². The average Bonchev–Trinajstić information content (AvgIpc) is 3.02. The summed E-state index contributed by atoms with van der Waals surface area (Å²) in [5.74, 6) is 1.75. The minimum atomic E-state index is 0.752. The van der Waals surface area contributed by atoms with E-state index in [4.69, 9.17) is 4.74 Å². The van der Waals surface area contributed by atoms with Crippen LogP contribution in [0.5, 0.6) is 0 Å². The van der Waals surface area contributed by atoms with Gasteiger partial charge in [0.15, 0.2) is 11.6 Å². The molecule has 0 unspecified atom stereocenters. The molecule has 0 amide bonds. The van der Waals surface area contributed by atoms with Crippen molar-refractivity contribution in [3.05, 3.63) is 30.2 Å². The van der Waals surface area contributed by atoms with Gasteiger partial charge in [0.1, 0.15) is 5.82 Å². The Hall–Kier alpha value is -2.15. The summed E-state index contributed by atoms with van der Waals surface area (Å²) < 4.78 is 7.55. The highest BCUT2D eigenvalue weighted by Gasteiger charge is 2.04. The summed E-state index contributed by atoms with van der Waals surface area (Å²) in [5.41, 5.74) is 0.873. The quantitative estimate of drug-likeness (QED) is 0.393. The zero-order valence-corrected chi connectivity index (χ0v) is 14.7. The maximum Gasteiger partial charge on any atom is 0.190 e. The molecule has 2 aromatic rings. The van der Waals surface area contributed by atoms with Crippen molar-refractivity contribution in [1.29, 1.82) is 0 Å². The topological polar surface area (TPSA) is 75.8 Å². The van der Waals surface area contributed by atoms with Gasteiger partial charge in [0.25, 0.3) is 0 Å². The highest BCUT2D eigenvalue weighted by atomic mass is 16.5. The second-order valence-corrected chi connectivity index (χ2v) is 5.54. The molecule has 0 atom stereocenters. The van der Waals surface area contributed by atoms with E-state index in [9.17, 15) is 0 Å². The van der Waals surface area contributed by atoms with Crippen molar-refractivity contribution in [2.24, 2.45) is 4.99 Å². The number of unbranched alkanes of at least 4 members (excludes halogenated alkanes) is 1. The molecule has 2 rings (SSSR count). The summed E-state index contributed by atoms with van der Waals surface area (Å²) in [5, 5.41) is 15.0. The number of hydrogen-bond acceptors (Lipinski definition) is 4. The molecular weight excluding hydrogens is 304 g/mol. The van der Waals surface area contributed by atoms with E-state index in [1.807, 2.05) is 28.8 Å². The molecule has 0 aliphatic rings. The smallest absolute Gasteiger partial charge is 0.190 e. The Morgan fingerprint density at radius 1 is 1.17 bits per heavy atom. The van der Waals surface area contributed by atoms with Crippen LogP contribution in [0.2, 0.25) is 0 Å². The van der Waals surface area contributed by atoms with Gasteiger partial charge in [0, 0.05) is 46.0 Å². The number of guanidine groups is 1. The lowest BCUT2D eigenvalue weighted by Gasteiger charge is -2.11. The number of pyridine rings is 1. The summed E-state index contributed by atoms with van der Waals surface area (Å²) in [6, 6.07) is 5.90. The van der Waals surface area contributed by atoms with Crippen molar-refractivity contribution >= 4 is 11.6 Å². The zero-order chi connectivity index (χ0) is 17.0. The molecule has 0 aromatic carbocycles. The molecule has 0 radical (unpaired) electrons. The van der Waals surface area contributed by atoms with Crippen molar-refractivity contribution in [2.75, 3.05) is 33.4 Å². The van der Waals surface area contributed by atoms with Crippen molar-refractivity contribution in [3.63, 3.8) is 0 Å². The molecule has 0 fully saturated rings. The molecule has 0 aliphatic heterocycles. The standard InChI is InChI=1S/C17H28N6O/c1-3-4-13-24-14-7-10-19-17(18-2)20-11-9-16-22-21-15-8-5-6-12-23(15)16/h5-6,8,12H,3-4,7,9-11,13-14H2,1-2H3,(H2,18,19,20). The Morgan fingerprint density at radius 2 is 2.00 bits per heavy atom. The van der Waals surface area contributed by atoms with E-state index in [1.165, 1.54) is 6.42 Å². The molecule has 0 saturated carbocycles. The van der Waals surface area contributed by atoms with E-state index in [2.05, 4.69) is 32.7 Å². The molecule has 7 nitrogen and oxygen atoms in total. The Balaban J connectivity index is 1.63. The van der Waals surface area contributed by atoms with E-state index in [0.29, 0.717) is 0 Å². The molecular formula is C17H28N6O. The fraction of sp³-hybridized carbons (Fsp3) is 0.588. The van der Waals surface area contributed by atoms with Crippen LogP contribution in [-0.2, 0) is 11.2 Å². The van der Waals surface area contributed by atoms with Crippen molar-refractivity contribution in [3.8, 4) is 0 Å². The van der Waals surface area contributed by atoms with Crippen molar-refractivity contribution < 1.29 is 4.74 Å². The van der Waals surface area contributed by atoms with Crippen molar-refractivity contribution in [2.45, 2.75) is 32.6 Å². The lowest BCUT2D eigenvalue weighted by molar-refractivity contribution is 0.129. The highest BCUT2D eigenvalue weighted by molar-refractivity contribution is 5.79. The van der Waals surface area contributed by atoms with Gasteiger partial charge in [-0.3, -0.25) is 9.39 Å². The first-order valence-electron chi connectivity index (χ1n) is 8.66. The van der Waals surface area contributed by atoms with Crippen LogP contribution in [0.25, 0.3) is 5.65 Å². The van der Waals surface area contributed by atoms with Gasteiger partial charge in [0.2, 0.25) is 0 Å². The predicted molar refractivity (Wildman–Crippen MR) is 96.4 cm³/mol. The first kappa shape index (κ1) is 18.2. The van der Waals surface area contributed by atoms with Crippen LogP contribution in [0.15, 0.2) is 29.4 Å². The van der Waals surface area contributed by atoms with Gasteiger partial charge in [-0.05, 0) is 25.0 Å². The van der Waals surface area contributed by atoms with Gasteiger partial charge in [-0.1, -0.05) is 19.4 Å². The molecule has 0 spiro atoms. The lowest BCUT2D eigenvalue weighted by Crippen LogP contribution is -2.39. The summed E-state index contributed by atoms with van der Waals surface area (Å²) >= 11 is 0. The number of hydrogen-bond donors (Lipinski definition) is 2. The minimum absolute atomic E-state index is 0.752. The number of ether oxygens (including phenoxy) is 1. The summed E-state index contributed by atoms with van der Waals surface area (Å²) in [7, 11) is 1.78. The van der Waals surface area contributed by atoms with E-state index in [0.717, 1.165) is 63.0 Å². The van der Waals surface area contributed by atoms with Gasteiger partial charge < -0.3 is 15.4 Å². The Labute approximate surface area is 143 Å². The third kappa shape index (κ3) is 5.81. The largest absolute Gasteiger partial charge is 0.381 e. The van der Waals surface area contributed by atoms with Crippen LogP contribution < -0.4 is 10.6 Å². The van der Waals surface area contributed by atoms with Gasteiger partial charge >= 0.3 is 0 Å². The highest BCUT2D eigenvalue weighted by Crippen LogP contribution is 2.02. The molecule has 2 heterocycles. The number of aromatic nitrogens is 3. The van der Waals surface area contributed by atoms with Crippen LogP contribution in [0.4, 0.5) is 0 Å². The monoisotopic (exact) mass is 332 g/mol. The van der Waals surface area contributed by atoms with Gasteiger partial charge in [-0.25, -0.2) is 0 Å². The number of nitrogens with zero attached hydrogens (tertiary/aromatic N) is 4. The second kappa shape index (κ2) is 10.6. The molecule has 2 aromatic heterocycles. The number of aliphatic imine (C=N–C) groups is 1. The Kier molecular flexibility index (Phi) is 8.03. The zero-order valence-electron chi connectivity index (χ0n) is 14.7. The van der Waals surface area contributed by atoms with E-state index < -0.39 is 0 Å². The second-order valence-electron chi connectivity index (χ2n) is 5.54. The molecule has 24 heavy (non-hydrogen) atoms. The third-order valence-electron chi connectivity index (χ3n) is 3.65. The molecule has 2 N–H and O–H groups in total. The van der Waals surface area contributed by atoms with Gasteiger partial charge in [0.05, 0.1) is 0 Å². The first-order valence-corrected chi connectivity index (χ1v) is 8.66. The van der Waals surface area contributed by atoms with Crippen LogP contribution in [0, 0.1) is 0 Å². The summed E-state index contributed by atoms with van der Waals surface area (Å²) in [4.78, 5) is 4.23. The number of rotatable bonds is 10. The third-order valence-corrected chi connectivity index (χ3v) is 3.65. The lowest BCUT2D eigenvalue weighted by atomic mass is 10.3. The van der Waals surface area contributed by atoms with Gasteiger partial charge in [-0.2, -0.15) is 0 Å². The van der Waals surface area contributed by atoms with E-state index >= 15 is 0 Å². The molecule has 7 heteroatoms. The van der Waals surface area contributed by atoms with Gasteiger partial charge in [-0.15, -0.1) is 10.2 Å². The van der Waals surface area contributed by atoms with Crippen LogP contribution in [-0.4, -0.2) is 53.9 Å². The maximum absolute atomic E-state index is 5.54. The van der Waals surface area contributed by atoms with Crippen molar-refractivity contribution in [1.82, 2.24) is 25.2 Å². The molecule has 132 valence electrons. The fourth-order valence-electron chi connectivity index (χ4n) is 2.30. The summed E-state index contributed by atoms with van der Waals surface area (Å²) in [6.45, 7) is 5.41. The van der Waals surface area contributed by atoms with Crippen LogP contribution in [0.3, 0.4) is 0 Å². The number of nitrogens with one attached hydrogen (secondary N) is 2. The Bertz CT molecular complexity index is 624. The van der Waals surface area contributed by atoms with E-state index in [-0.39, 0.29) is 0 Å². The fourth-order valence-corrected chi connectivity index (χ4v) is 2.30. The predicted octanol–water partition coefficient (Wildman–Crippen LogP) is 1.64. The average molecular weight is 332 g/mol. The summed E-state index contributed by atoms with van der Waals surface area (Å²) in [6.07, 6.45) is 6.05. The first-order chi connectivity index (χ1) is 11.8. The Morgan fingerprint density at radius 3 is 2.83 bits per heavy atom. The molecule has 0 aliphatic carbocycles. The SMILES string of the molecule is CCCCOCCCNC(=NC)NCCc1nnc2ccccn12. The van der Waals surface area contributed by atoms with Crippen LogP contribution >= 0.6 is 0 Å². The normalized spacial score (nSPS) is 11.8. The maximum atomic E-state index is 5.54. The molecule has 0 bridgehead atoms. The molecule has 0 saturated heterocycles. The number of fused-ring (bicyclic) bond motifs is 1. The minimum Gasteiger partial charge on any atom is -0.381 e.